The monoisotopic (exact) mass is 386 g/mol. The molecule has 7 heteroatoms. The van der Waals surface area contributed by atoms with Crippen molar-refractivity contribution in [1.82, 2.24) is 0 Å². The van der Waals surface area contributed by atoms with Crippen LogP contribution in [-0.4, -0.2) is 24.5 Å². The SMILES string of the molecule is C[C@H]1CO[C@]2(N=C(N)[C@@]3(C#N)[C@@H](c4cccc(Oc5ccccc5)c4)[C@@]23C#N)O1. The number of aliphatic imine (C=N–C) groups is 1. The lowest BCUT2D eigenvalue weighted by molar-refractivity contribution is -0.193. The Morgan fingerprint density at radius 2 is 1.86 bits per heavy atom. The number of hydrogen-bond donors (Lipinski definition) is 1. The lowest BCUT2D eigenvalue weighted by Gasteiger charge is -2.26. The molecule has 5 rings (SSSR count). The van der Waals surface area contributed by atoms with Crippen LogP contribution in [0.2, 0.25) is 0 Å². The highest BCUT2D eigenvalue weighted by Crippen LogP contribution is 2.82. The van der Waals surface area contributed by atoms with Crippen molar-refractivity contribution in [3.63, 3.8) is 0 Å². The van der Waals surface area contributed by atoms with Gasteiger partial charge in [0.2, 0.25) is 0 Å². The second kappa shape index (κ2) is 5.81. The predicted octanol–water partition coefficient (Wildman–Crippen LogP) is 3.06. The van der Waals surface area contributed by atoms with Gasteiger partial charge in [-0.3, -0.25) is 0 Å². The van der Waals surface area contributed by atoms with Crippen molar-refractivity contribution in [3.8, 4) is 23.6 Å². The summed E-state index contributed by atoms with van der Waals surface area (Å²) in [5.41, 5.74) is 4.32. The molecule has 2 N–H and O–H groups in total. The number of nitriles is 2. The van der Waals surface area contributed by atoms with Crippen molar-refractivity contribution in [2.45, 2.75) is 24.9 Å². The average Bonchev–Trinajstić information content (AvgIpc) is 3.13. The first-order chi connectivity index (χ1) is 14.0. The fraction of sp³-hybridized carbons (Fsp3) is 0.318. The van der Waals surface area contributed by atoms with Gasteiger partial charge < -0.3 is 19.9 Å². The first kappa shape index (κ1) is 17.7. The standard InChI is InChI=1S/C22H18N4O3/c1-14-11-27-22(29-14)21(13-24)18(20(21,12-23)19(25)26-22)15-6-5-9-17(10-15)28-16-7-3-2-4-8-16/h2-10,14,18H,11H2,1H3,(H2,25,26)/t14-,18+,20+,21+,22-/m0/s1. The molecule has 2 aromatic carbocycles. The summed E-state index contributed by atoms with van der Waals surface area (Å²) in [7, 11) is 0. The number of nitrogens with two attached hydrogens (primary N) is 1. The molecule has 144 valence electrons. The second-order valence-electron chi connectivity index (χ2n) is 7.58. The van der Waals surface area contributed by atoms with Gasteiger partial charge in [0.15, 0.2) is 5.41 Å². The molecular weight excluding hydrogens is 368 g/mol. The number of para-hydroxylation sites is 1. The van der Waals surface area contributed by atoms with Gasteiger partial charge in [-0.15, -0.1) is 0 Å². The van der Waals surface area contributed by atoms with E-state index in [1.165, 1.54) is 0 Å². The normalized spacial score (nSPS) is 36.7. The molecule has 0 amide bonds. The third kappa shape index (κ3) is 2.04. The number of fused-ring (bicyclic) bond motifs is 2. The van der Waals surface area contributed by atoms with E-state index in [1.54, 1.807) is 0 Å². The minimum absolute atomic E-state index is 0.0787. The highest BCUT2D eigenvalue weighted by atomic mass is 16.8. The smallest absolute Gasteiger partial charge is 0.293 e. The van der Waals surface area contributed by atoms with E-state index in [0.29, 0.717) is 11.5 Å². The number of amidine groups is 1. The zero-order valence-corrected chi connectivity index (χ0v) is 15.7. The third-order valence-electron chi connectivity index (χ3n) is 5.97. The number of benzene rings is 2. The number of hydrogen-bond acceptors (Lipinski definition) is 7. The maximum Gasteiger partial charge on any atom is 0.293 e. The molecule has 2 fully saturated rings. The molecule has 2 heterocycles. The Balaban J connectivity index is 1.57. The van der Waals surface area contributed by atoms with Crippen molar-refractivity contribution in [2.24, 2.45) is 21.6 Å². The molecule has 2 aliphatic heterocycles. The number of ether oxygens (including phenoxy) is 3. The van der Waals surface area contributed by atoms with Gasteiger partial charge in [0.05, 0.1) is 24.8 Å². The molecule has 7 nitrogen and oxygen atoms in total. The van der Waals surface area contributed by atoms with E-state index >= 15 is 0 Å². The molecule has 3 aliphatic rings. The lowest BCUT2D eigenvalue weighted by Crippen LogP contribution is -2.39. The van der Waals surface area contributed by atoms with Crippen LogP contribution in [-0.2, 0) is 9.47 Å². The molecule has 0 bridgehead atoms. The van der Waals surface area contributed by atoms with Crippen LogP contribution in [0.5, 0.6) is 11.5 Å². The number of nitrogens with zero attached hydrogens (tertiary/aromatic N) is 3. The molecule has 0 aromatic heterocycles. The van der Waals surface area contributed by atoms with Gasteiger partial charge in [0, 0.05) is 5.92 Å². The van der Waals surface area contributed by atoms with E-state index < -0.39 is 22.7 Å². The Kier molecular flexibility index (Phi) is 3.54. The molecule has 0 unspecified atom stereocenters. The molecule has 5 atom stereocenters. The fourth-order valence-corrected chi connectivity index (χ4v) is 4.74. The van der Waals surface area contributed by atoms with E-state index in [2.05, 4.69) is 17.1 Å². The summed E-state index contributed by atoms with van der Waals surface area (Å²) in [4.78, 5) is 4.33. The third-order valence-corrected chi connectivity index (χ3v) is 5.97. The molecule has 1 aliphatic carbocycles. The fourth-order valence-electron chi connectivity index (χ4n) is 4.74. The average molecular weight is 386 g/mol. The van der Waals surface area contributed by atoms with Gasteiger partial charge >= 0.3 is 0 Å². The molecule has 2 aromatic rings. The van der Waals surface area contributed by atoms with Gasteiger partial charge in [-0.05, 0) is 36.8 Å². The van der Waals surface area contributed by atoms with Crippen LogP contribution in [0.3, 0.4) is 0 Å². The molecule has 29 heavy (non-hydrogen) atoms. The van der Waals surface area contributed by atoms with E-state index in [9.17, 15) is 10.5 Å². The van der Waals surface area contributed by atoms with Crippen LogP contribution in [0, 0.1) is 33.5 Å². The summed E-state index contributed by atoms with van der Waals surface area (Å²) >= 11 is 0. The number of rotatable bonds is 3. The summed E-state index contributed by atoms with van der Waals surface area (Å²) in [6.45, 7) is 2.12. The van der Waals surface area contributed by atoms with Crippen LogP contribution in [0.1, 0.15) is 18.4 Å². The quantitative estimate of drug-likeness (QED) is 0.867. The van der Waals surface area contributed by atoms with Gasteiger partial charge in [-0.25, -0.2) is 4.99 Å². The minimum atomic E-state index is -1.55. The summed E-state index contributed by atoms with van der Waals surface area (Å²) in [6, 6.07) is 21.3. The molecule has 0 radical (unpaired) electrons. The first-order valence-corrected chi connectivity index (χ1v) is 9.36. The summed E-state index contributed by atoms with van der Waals surface area (Å²) < 4.78 is 17.7. The highest BCUT2D eigenvalue weighted by Gasteiger charge is 2.94. The molecule has 1 saturated carbocycles. The maximum atomic E-state index is 10.2. The van der Waals surface area contributed by atoms with Crippen LogP contribution in [0.4, 0.5) is 0 Å². The Bertz CT molecular complexity index is 1110. The van der Waals surface area contributed by atoms with Crippen LogP contribution in [0.15, 0.2) is 59.6 Å². The largest absolute Gasteiger partial charge is 0.457 e. The lowest BCUT2D eigenvalue weighted by atomic mass is 9.94. The minimum Gasteiger partial charge on any atom is -0.457 e. The van der Waals surface area contributed by atoms with Gasteiger partial charge in [-0.1, -0.05) is 30.3 Å². The first-order valence-electron chi connectivity index (χ1n) is 9.36. The van der Waals surface area contributed by atoms with Crippen molar-refractivity contribution in [3.05, 3.63) is 60.2 Å². The predicted molar refractivity (Wildman–Crippen MR) is 103 cm³/mol. The van der Waals surface area contributed by atoms with Crippen LogP contribution < -0.4 is 10.5 Å². The van der Waals surface area contributed by atoms with E-state index in [1.807, 2.05) is 61.5 Å². The topological polar surface area (TPSA) is 114 Å². The summed E-state index contributed by atoms with van der Waals surface area (Å²) in [5.74, 6) is -0.713. The Hall–Kier alpha value is -3.39. The molecular formula is C22H18N4O3. The Morgan fingerprint density at radius 3 is 2.52 bits per heavy atom. The van der Waals surface area contributed by atoms with Crippen molar-refractivity contribution >= 4 is 5.84 Å². The Morgan fingerprint density at radius 1 is 1.10 bits per heavy atom. The van der Waals surface area contributed by atoms with Gasteiger partial charge in [0.25, 0.3) is 5.91 Å². The van der Waals surface area contributed by atoms with E-state index in [4.69, 9.17) is 19.9 Å². The molecule has 1 spiro atoms. The highest BCUT2D eigenvalue weighted by molar-refractivity contribution is 6.00. The van der Waals surface area contributed by atoms with E-state index in [0.717, 1.165) is 5.56 Å². The zero-order chi connectivity index (χ0) is 20.3. The maximum absolute atomic E-state index is 10.2. The van der Waals surface area contributed by atoms with Crippen LogP contribution >= 0.6 is 0 Å². The van der Waals surface area contributed by atoms with Gasteiger partial charge in [-0.2, -0.15) is 10.5 Å². The van der Waals surface area contributed by atoms with Crippen molar-refractivity contribution < 1.29 is 14.2 Å². The molecule has 1 saturated heterocycles. The van der Waals surface area contributed by atoms with Crippen molar-refractivity contribution in [2.75, 3.05) is 6.61 Å². The zero-order valence-electron chi connectivity index (χ0n) is 15.7. The second-order valence-corrected chi connectivity index (χ2v) is 7.58. The summed E-state index contributed by atoms with van der Waals surface area (Å²) in [6.07, 6.45) is -0.250. The van der Waals surface area contributed by atoms with Crippen molar-refractivity contribution in [1.29, 1.82) is 10.5 Å². The van der Waals surface area contributed by atoms with E-state index in [-0.39, 0.29) is 18.5 Å². The van der Waals surface area contributed by atoms with Gasteiger partial charge in [0.1, 0.15) is 22.7 Å². The van der Waals surface area contributed by atoms with Crippen LogP contribution in [0.25, 0.3) is 0 Å². The summed E-state index contributed by atoms with van der Waals surface area (Å²) in [5, 5.41) is 20.3. The Labute approximate surface area is 167 Å².